The highest BCUT2D eigenvalue weighted by atomic mass is 16.5. The zero-order valence-electron chi connectivity index (χ0n) is 9.34. The standard InChI is InChI=1S/C11H20O3/c1-4-5-6-10(9(2)12)7-8-11(13)14-3/h10H,4-8H2,1-3H3. The molecule has 0 saturated carbocycles. The lowest BCUT2D eigenvalue weighted by atomic mass is 9.93. The molecule has 1 unspecified atom stereocenters. The third-order valence-electron chi connectivity index (χ3n) is 2.41. The first kappa shape index (κ1) is 13.1. The van der Waals surface area contributed by atoms with Crippen molar-refractivity contribution in [3.63, 3.8) is 0 Å². The van der Waals surface area contributed by atoms with E-state index in [9.17, 15) is 9.59 Å². The lowest BCUT2D eigenvalue weighted by Crippen LogP contribution is -2.13. The molecule has 0 fully saturated rings. The summed E-state index contributed by atoms with van der Waals surface area (Å²) >= 11 is 0. The van der Waals surface area contributed by atoms with Gasteiger partial charge >= 0.3 is 5.97 Å². The second-order valence-electron chi connectivity index (χ2n) is 3.56. The van der Waals surface area contributed by atoms with Crippen LogP contribution in [0.5, 0.6) is 0 Å². The van der Waals surface area contributed by atoms with Gasteiger partial charge in [0.15, 0.2) is 0 Å². The molecule has 0 bridgehead atoms. The van der Waals surface area contributed by atoms with Gasteiger partial charge < -0.3 is 4.74 Å². The molecular weight excluding hydrogens is 180 g/mol. The number of esters is 1. The Morgan fingerprint density at radius 3 is 2.36 bits per heavy atom. The quantitative estimate of drug-likeness (QED) is 0.592. The predicted octanol–water partition coefficient (Wildman–Crippen LogP) is 2.33. The van der Waals surface area contributed by atoms with Crippen molar-refractivity contribution >= 4 is 11.8 Å². The Hall–Kier alpha value is -0.860. The van der Waals surface area contributed by atoms with Crippen LogP contribution in [0.4, 0.5) is 0 Å². The van der Waals surface area contributed by atoms with E-state index in [0.717, 1.165) is 19.3 Å². The van der Waals surface area contributed by atoms with Crippen LogP contribution < -0.4 is 0 Å². The molecule has 0 amide bonds. The summed E-state index contributed by atoms with van der Waals surface area (Å²) in [5.74, 6) is -0.0100. The molecule has 0 aliphatic heterocycles. The van der Waals surface area contributed by atoms with Crippen LogP contribution in [0.25, 0.3) is 0 Å². The summed E-state index contributed by atoms with van der Waals surface area (Å²) in [5, 5.41) is 0. The Labute approximate surface area is 85.8 Å². The van der Waals surface area contributed by atoms with E-state index in [1.807, 2.05) is 0 Å². The van der Waals surface area contributed by atoms with Crippen LogP contribution >= 0.6 is 0 Å². The molecule has 1 atom stereocenters. The smallest absolute Gasteiger partial charge is 0.305 e. The lowest BCUT2D eigenvalue weighted by molar-refractivity contribution is -0.141. The van der Waals surface area contributed by atoms with Gasteiger partial charge in [-0.15, -0.1) is 0 Å². The number of ether oxygens (including phenoxy) is 1. The summed E-state index contributed by atoms with van der Waals surface area (Å²) in [6, 6.07) is 0. The van der Waals surface area contributed by atoms with Gasteiger partial charge in [-0.05, 0) is 19.8 Å². The van der Waals surface area contributed by atoms with Crippen molar-refractivity contribution in [1.82, 2.24) is 0 Å². The third-order valence-corrected chi connectivity index (χ3v) is 2.41. The number of hydrogen-bond acceptors (Lipinski definition) is 3. The number of ketones is 1. The number of Topliss-reactive ketones (excluding diaryl/α,β-unsaturated/α-hetero) is 1. The van der Waals surface area contributed by atoms with Crippen molar-refractivity contribution in [3.8, 4) is 0 Å². The van der Waals surface area contributed by atoms with Crippen LogP contribution in [0, 0.1) is 5.92 Å². The van der Waals surface area contributed by atoms with Gasteiger partial charge in [-0.2, -0.15) is 0 Å². The van der Waals surface area contributed by atoms with Gasteiger partial charge in [0, 0.05) is 12.3 Å². The van der Waals surface area contributed by atoms with Crippen molar-refractivity contribution in [1.29, 1.82) is 0 Å². The van der Waals surface area contributed by atoms with E-state index in [-0.39, 0.29) is 17.7 Å². The van der Waals surface area contributed by atoms with E-state index in [1.165, 1.54) is 7.11 Å². The van der Waals surface area contributed by atoms with Gasteiger partial charge in [-0.25, -0.2) is 0 Å². The first-order valence-corrected chi connectivity index (χ1v) is 5.19. The van der Waals surface area contributed by atoms with E-state index in [0.29, 0.717) is 12.8 Å². The Kier molecular flexibility index (Phi) is 7.07. The lowest BCUT2D eigenvalue weighted by Gasteiger charge is -2.11. The zero-order valence-corrected chi connectivity index (χ0v) is 9.34. The molecular formula is C11H20O3. The summed E-state index contributed by atoms with van der Waals surface area (Å²) in [5.41, 5.74) is 0. The Bertz CT molecular complexity index is 187. The maximum Gasteiger partial charge on any atom is 0.305 e. The molecule has 0 rings (SSSR count). The highest BCUT2D eigenvalue weighted by Gasteiger charge is 2.15. The number of carbonyl (C=O) groups excluding carboxylic acids is 2. The van der Waals surface area contributed by atoms with Gasteiger partial charge in [0.1, 0.15) is 5.78 Å². The average Bonchev–Trinajstić information content (AvgIpc) is 2.16. The predicted molar refractivity (Wildman–Crippen MR) is 54.9 cm³/mol. The van der Waals surface area contributed by atoms with E-state index < -0.39 is 0 Å². The van der Waals surface area contributed by atoms with Crippen molar-refractivity contribution in [2.75, 3.05) is 7.11 Å². The number of methoxy groups -OCH3 is 1. The third kappa shape index (κ3) is 5.73. The molecule has 0 aromatic carbocycles. The van der Waals surface area contributed by atoms with Gasteiger partial charge in [-0.3, -0.25) is 9.59 Å². The van der Waals surface area contributed by atoms with Crippen molar-refractivity contribution in [3.05, 3.63) is 0 Å². The first-order chi connectivity index (χ1) is 6.61. The molecule has 3 heteroatoms. The molecule has 0 radical (unpaired) electrons. The van der Waals surface area contributed by atoms with Crippen LogP contribution in [0.2, 0.25) is 0 Å². The zero-order chi connectivity index (χ0) is 11.0. The summed E-state index contributed by atoms with van der Waals surface area (Å²) in [6.07, 6.45) is 4.00. The molecule has 0 aromatic rings. The number of carbonyl (C=O) groups is 2. The molecule has 0 aliphatic carbocycles. The Balaban J connectivity index is 3.84. The summed E-state index contributed by atoms with van der Waals surface area (Å²) in [4.78, 5) is 22.1. The van der Waals surface area contributed by atoms with E-state index in [4.69, 9.17) is 0 Å². The maximum atomic E-state index is 11.2. The molecule has 0 heterocycles. The number of rotatable bonds is 7. The van der Waals surface area contributed by atoms with Gasteiger partial charge in [0.05, 0.1) is 7.11 Å². The summed E-state index contributed by atoms with van der Waals surface area (Å²) in [6.45, 7) is 3.69. The van der Waals surface area contributed by atoms with Crippen molar-refractivity contribution < 1.29 is 14.3 Å². The summed E-state index contributed by atoms with van der Waals surface area (Å²) in [7, 11) is 1.37. The molecule has 3 nitrogen and oxygen atoms in total. The van der Waals surface area contributed by atoms with Gasteiger partial charge in [0.25, 0.3) is 0 Å². The topological polar surface area (TPSA) is 43.4 Å². The molecule has 0 aromatic heterocycles. The van der Waals surface area contributed by atoms with Crippen LogP contribution in [0.1, 0.15) is 46.0 Å². The molecule has 82 valence electrons. The fourth-order valence-corrected chi connectivity index (χ4v) is 1.40. The van der Waals surface area contributed by atoms with Crippen molar-refractivity contribution in [2.45, 2.75) is 46.0 Å². The van der Waals surface area contributed by atoms with Gasteiger partial charge in [-0.1, -0.05) is 19.8 Å². The van der Waals surface area contributed by atoms with E-state index >= 15 is 0 Å². The number of unbranched alkanes of at least 4 members (excludes halogenated alkanes) is 1. The molecule has 0 aliphatic rings. The van der Waals surface area contributed by atoms with Crippen LogP contribution in [0.15, 0.2) is 0 Å². The Morgan fingerprint density at radius 1 is 1.29 bits per heavy atom. The minimum atomic E-state index is -0.229. The van der Waals surface area contributed by atoms with E-state index in [2.05, 4.69) is 11.7 Å². The molecule has 14 heavy (non-hydrogen) atoms. The monoisotopic (exact) mass is 200 g/mol. The Morgan fingerprint density at radius 2 is 1.93 bits per heavy atom. The normalized spacial score (nSPS) is 12.2. The van der Waals surface area contributed by atoms with Crippen LogP contribution in [0.3, 0.4) is 0 Å². The van der Waals surface area contributed by atoms with E-state index in [1.54, 1.807) is 6.92 Å². The SMILES string of the molecule is CCCCC(CCC(=O)OC)C(C)=O. The highest BCUT2D eigenvalue weighted by molar-refractivity contribution is 5.79. The highest BCUT2D eigenvalue weighted by Crippen LogP contribution is 2.16. The second kappa shape index (κ2) is 7.54. The fraction of sp³-hybridized carbons (Fsp3) is 0.818. The minimum absolute atomic E-state index is 0.0362. The number of hydrogen-bond donors (Lipinski definition) is 0. The largest absolute Gasteiger partial charge is 0.469 e. The first-order valence-electron chi connectivity index (χ1n) is 5.19. The van der Waals surface area contributed by atoms with Crippen molar-refractivity contribution in [2.24, 2.45) is 5.92 Å². The average molecular weight is 200 g/mol. The van der Waals surface area contributed by atoms with Crippen LogP contribution in [-0.4, -0.2) is 18.9 Å². The maximum absolute atomic E-state index is 11.2. The molecule has 0 spiro atoms. The second-order valence-corrected chi connectivity index (χ2v) is 3.56. The summed E-state index contributed by atoms with van der Waals surface area (Å²) < 4.78 is 4.53. The molecule has 0 saturated heterocycles. The fourth-order valence-electron chi connectivity index (χ4n) is 1.40. The molecule has 0 N–H and O–H groups in total. The van der Waals surface area contributed by atoms with Gasteiger partial charge in [0.2, 0.25) is 0 Å². The van der Waals surface area contributed by atoms with Crippen LogP contribution in [-0.2, 0) is 14.3 Å². The minimum Gasteiger partial charge on any atom is -0.469 e.